The molecule has 2 unspecified atom stereocenters. The van der Waals surface area contributed by atoms with Gasteiger partial charge in [-0.3, -0.25) is 0 Å². The number of rotatable bonds is 9. The van der Waals surface area contributed by atoms with Gasteiger partial charge in [0, 0.05) is 5.56 Å². The molecule has 0 bridgehead atoms. The van der Waals surface area contributed by atoms with Crippen molar-refractivity contribution in [1.82, 2.24) is 30.0 Å². The molecular formula is C47H52N6O4. The fraction of sp³-hybridized carbons (Fsp3) is 0.213. The number of aliphatic carboxylic acids is 1. The predicted octanol–water partition coefficient (Wildman–Crippen LogP) is 11.5. The molecule has 0 radical (unpaired) electrons. The molecule has 0 fully saturated rings. The van der Waals surface area contributed by atoms with Crippen molar-refractivity contribution in [3.63, 3.8) is 0 Å². The van der Waals surface area contributed by atoms with Crippen LogP contribution in [-0.2, 0) is 4.79 Å². The fourth-order valence-corrected chi connectivity index (χ4v) is 5.70. The third-order valence-electron chi connectivity index (χ3n) is 8.38. The van der Waals surface area contributed by atoms with Gasteiger partial charge in [0.05, 0.1) is 0 Å². The first kappa shape index (κ1) is 42.9. The molecule has 10 heteroatoms. The van der Waals surface area contributed by atoms with Crippen LogP contribution < -0.4 is 9.47 Å². The summed E-state index contributed by atoms with van der Waals surface area (Å²) in [6.45, 7) is 14.0. The van der Waals surface area contributed by atoms with Gasteiger partial charge in [-0.2, -0.15) is 0 Å². The monoisotopic (exact) mass is 764 g/mol. The average Bonchev–Trinajstić information content (AvgIpc) is 3.88. The predicted molar refractivity (Wildman–Crippen MR) is 230 cm³/mol. The van der Waals surface area contributed by atoms with E-state index in [1.165, 1.54) is 4.80 Å². The molecule has 8 rings (SSSR count). The van der Waals surface area contributed by atoms with Crippen molar-refractivity contribution in [2.24, 2.45) is 0 Å². The van der Waals surface area contributed by atoms with E-state index in [2.05, 4.69) is 39.5 Å². The second-order valence-corrected chi connectivity index (χ2v) is 12.3. The Morgan fingerprint density at radius 3 is 1.26 bits per heavy atom. The summed E-state index contributed by atoms with van der Waals surface area (Å²) in [5.41, 5.74) is 8.50. The van der Waals surface area contributed by atoms with E-state index in [1.807, 2.05) is 145 Å². The van der Waals surface area contributed by atoms with Crippen molar-refractivity contribution in [1.29, 1.82) is 0 Å². The number of carboxylic acids is 1. The van der Waals surface area contributed by atoms with Crippen LogP contribution in [0, 0.1) is 13.8 Å². The lowest BCUT2D eigenvalue weighted by Crippen LogP contribution is -2.19. The Kier molecular flexibility index (Phi) is 15.6. The Morgan fingerprint density at radius 2 is 0.877 bits per heavy atom. The van der Waals surface area contributed by atoms with Crippen LogP contribution in [0.4, 0.5) is 0 Å². The van der Waals surface area contributed by atoms with Gasteiger partial charge in [-0.25, -0.2) is 4.79 Å². The van der Waals surface area contributed by atoms with Crippen molar-refractivity contribution in [2.45, 2.75) is 68.1 Å². The zero-order valence-corrected chi connectivity index (χ0v) is 32.9. The van der Waals surface area contributed by atoms with Crippen LogP contribution in [0.5, 0.6) is 11.5 Å². The largest absolute Gasteiger partial charge is 0.484 e. The number of hydrogen-bond donors (Lipinski definition) is 1. The molecule has 57 heavy (non-hydrogen) atoms. The highest BCUT2D eigenvalue weighted by Gasteiger charge is 2.24. The molecule has 2 atom stereocenters. The molecule has 1 N–H and O–H groups in total. The second-order valence-electron chi connectivity index (χ2n) is 12.3. The van der Waals surface area contributed by atoms with E-state index < -0.39 is 12.1 Å². The Morgan fingerprint density at radius 1 is 0.526 bits per heavy atom. The first-order valence-electron chi connectivity index (χ1n) is 18.8. The Hall–Kier alpha value is -6.81. The molecule has 0 saturated carbocycles. The standard InChI is InChI=1S/C21H17N3O3.C21H19N3O.2C2H6.CH4/c1-14-11-12-19(27-20(21(25)26)15-7-3-2-4-8-15)18(13-14)24-22-16-9-5-6-10-17(16)23-24;1-15-12-13-21(25-16(2)17-8-4-3-5-9-17)20(14-15)24-22-18-10-6-7-11-19(18)23-24;2*1-2;/h2-13,20H,1H3,(H,25,26);3-14,16H,1-2H3;2*1-2H3;1H4. The fourth-order valence-electron chi connectivity index (χ4n) is 5.70. The van der Waals surface area contributed by atoms with Crippen LogP contribution in [0.1, 0.15) is 76.5 Å². The summed E-state index contributed by atoms with van der Waals surface area (Å²) in [7, 11) is 0. The molecule has 2 aromatic heterocycles. The van der Waals surface area contributed by atoms with Crippen molar-refractivity contribution in [3.8, 4) is 22.9 Å². The van der Waals surface area contributed by atoms with E-state index in [0.717, 1.165) is 50.2 Å². The SMILES string of the molecule is C.CC.CC.Cc1ccc(OC(C(=O)O)c2ccccc2)c(-n2nc3ccccc3n2)c1.Cc1ccc(OC(C)c2ccccc2)c(-n2nc3ccccc3n2)c1. The number of nitrogens with zero attached hydrogens (tertiary/aromatic N) is 6. The molecule has 2 heterocycles. The number of carboxylic acid groups (broad SMARTS) is 1. The Labute approximate surface area is 335 Å². The third kappa shape index (κ3) is 10.7. The van der Waals surface area contributed by atoms with E-state index >= 15 is 0 Å². The highest BCUT2D eigenvalue weighted by Crippen LogP contribution is 2.31. The summed E-state index contributed by atoms with van der Waals surface area (Å²) < 4.78 is 12.1. The minimum Gasteiger partial charge on any atom is -0.484 e. The smallest absolute Gasteiger partial charge is 0.349 e. The number of aryl methyl sites for hydroxylation is 2. The van der Waals surface area contributed by atoms with E-state index in [1.54, 1.807) is 35.1 Å². The van der Waals surface area contributed by atoms with Gasteiger partial charge in [-0.1, -0.05) is 132 Å². The van der Waals surface area contributed by atoms with Gasteiger partial charge in [0.1, 0.15) is 51.0 Å². The van der Waals surface area contributed by atoms with E-state index in [-0.39, 0.29) is 13.5 Å². The normalized spacial score (nSPS) is 11.3. The molecule has 0 aliphatic carbocycles. The number of carbonyl (C=O) groups is 1. The molecule has 0 aliphatic rings. The van der Waals surface area contributed by atoms with Crippen LogP contribution >= 0.6 is 0 Å². The number of fused-ring (bicyclic) bond motifs is 2. The van der Waals surface area contributed by atoms with Crippen LogP contribution in [0.2, 0.25) is 0 Å². The summed E-state index contributed by atoms with van der Waals surface area (Å²) in [6.07, 6.45) is -1.19. The molecular weight excluding hydrogens is 713 g/mol. The first-order valence-corrected chi connectivity index (χ1v) is 18.8. The van der Waals surface area contributed by atoms with Crippen LogP contribution in [0.15, 0.2) is 146 Å². The summed E-state index contributed by atoms with van der Waals surface area (Å²) in [6, 6.07) is 46.0. The van der Waals surface area contributed by atoms with E-state index in [4.69, 9.17) is 9.47 Å². The number of hydrogen-bond acceptors (Lipinski definition) is 7. The molecule has 0 aliphatic heterocycles. The van der Waals surface area contributed by atoms with E-state index in [9.17, 15) is 9.90 Å². The van der Waals surface area contributed by atoms with Gasteiger partial charge in [-0.15, -0.1) is 30.0 Å². The lowest BCUT2D eigenvalue weighted by atomic mass is 10.1. The van der Waals surface area contributed by atoms with Gasteiger partial charge in [0.2, 0.25) is 6.10 Å². The lowest BCUT2D eigenvalue weighted by Gasteiger charge is -2.18. The third-order valence-corrected chi connectivity index (χ3v) is 8.38. The highest BCUT2D eigenvalue weighted by atomic mass is 16.5. The topological polar surface area (TPSA) is 117 Å². The minimum absolute atomic E-state index is 0. The van der Waals surface area contributed by atoms with Crippen molar-refractivity contribution in [2.75, 3.05) is 0 Å². The highest BCUT2D eigenvalue weighted by molar-refractivity contribution is 5.76. The lowest BCUT2D eigenvalue weighted by molar-refractivity contribution is -0.145. The Bertz CT molecular complexity index is 2400. The second kappa shape index (κ2) is 20.8. The van der Waals surface area contributed by atoms with Gasteiger partial charge in [0.15, 0.2) is 0 Å². The zero-order valence-electron chi connectivity index (χ0n) is 32.9. The van der Waals surface area contributed by atoms with Crippen LogP contribution in [-0.4, -0.2) is 41.1 Å². The van der Waals surface area contributed by atoms with Gasteiger partial charge < -0.3 is 14.6 Å². The molecule has 0 amide bonds. The number of benzene rings is 6. The average molecular weight is 765 g/mol. The first-order chi connectivity index (χ1) is 27.3. The molecule has 10 nitrogen and oxygen atoms in total. The number of aromatic nitrogens is 6. The van der Waals surface area contributed by atoms with Crippen LogP contribution in [0.3, 0.4) is 0 Å². The van der Waals surface area contributed by atoms with Crippen LogP contribution in [0.25, 0.3) is 33.4 Å². The maximum Gasteiger partial charge on any atom is 0.349 e. The summed E-state index contributed by atoms with van der Waals surface area (Å²) in [5, 5.41) is 27.8. The summed E-state index contributed by atoms with van der Waals surface area (Å²) >= 11 is 0. The maximum absolute atomic E-state index is 11.8. The van der Waals surface area contributed by atoms with Gasteiger partial charge in [0.25, 0.3) is 0 Å². The molecule has 0 spiro atoms. The van der Waals surface area contributed by atoms with Crippen molar-refractivity contribution >= 4 is 28.0 Å². The zero-order chi connectivity index (χ0) is 40.0. The Balaban J connectivity index is 0.000000229. The molecule has 0 saturated heterocycles. The summed E-state index contributed by atoms with van der Waals surface area (Å²) in [5.74, 6) is 0.103. The minimum atomic E-state index is -1.13. The molecule has 294 valence electrons. The van der Waals surface area contributed by atoms with Gasteiger partial charge >= 0.3 is 5.97 Å². The van der Waals surface area contributed by atoms with Crippen molar-refractivity contribution < 1.29 is 19.4 Å². The quantitative estimate of drug-likeness (QED) is 0.154. The molecule has 8 aromatic rings. The van der Waals surface area contributed by atoms with Crippen molar-refractivity contribution in [3.05, 3.63) is 168 Å². The van der Waals surface area contributed by atoms with E-state index in [0.29, 0.717) is 17.0 Å². The summed E-state index contributed by atoms with van der Waals surface area (Å²) in [4.78, 5) is 14.9. The number of ether oxygens (including phenoxy) is 2. The van der Waals surface area contributed by atoms with Gasteiger partial charge in [-0.05, 0) is 86.0 Å². The molecule has 6 aromatic carbocycles. The maximum atomic E-state index is 11.8.